The Hall–Kier alpha value is -0.945. The van der Waals surface area contributed by atoms with E-state index in [0.717, 1.165) is 0 Å². The Kier molecular flexibility index (Phi) is 3.81. The molecule has 0 aliphatic heterocycles. The highest BCUT2D eigenvalue weighted by atomic mass is 16.7. The van der Waals surface area contributed by atoms with E-state index in [1.165, 1.54) is 25.3 Å². The second-order valence-electron chi connectivity index (χ2n) is 3.02. The van der Waals surface area contributed by atoms with Gasteiger partial charge >= 0.3 is 7.12 Å². The Labute approximate surface area is 88.1 Å². The number of methoxy groups -OCH3 is 1. The fourth-order valence-corrected chi connectivity index (χ4v) is 1.33. The molecule has 0 aromatic rings. The van der Waals surface area contributed by atoms with Gasteiger partial charge < -0.3 is 19.5 Å². The second kappa shape index (κ2) is 4.72. The topological polar surface area (TPSA) is 76.0 Å². The predicted molar refractivity (Wildman–Crippen MR) is 53.8 cm³/mol. The number of ketones is 1. The minimum Gasteiger partial charge on any atom is -0.423 e. The van der Waals surface area contributed by atoms with Crippen LogP contribution in [0.25, 0.3) is 0 Å². The summed E-state index contributed by atoms with van der Waals surface area (Å²) in [6, 6.07) is 0. The van der Waals surface area contributed by atoms with E-state index in [1.54, 1.807) is 6.92 Å². The van der Waals surface area contributed by atoms with Gasteiger partial charge in [-0.25, -0.2) is 0 Å². The van der Waals surface area contributed by atoms with Crippen molar-refractivity contribution in [1.82, 2.24) is 0 Å². The molecule has 1 aliphatic carbocycles. The quantitative estimate of drug-likeness (QED) is 0.482. The number of carbonyl (C=O) groups is 1. The third kappa shape index (κ3) is 2.35. The van der Waals surface area contributed by atoms with Gasteiger partial charge in [-0.3, -0.25) is 4.79 Å². The zero-order valence-electron chi connectivity index (χ0n) is 8.64. The summed E-state index contributed by atoms with van der Waals surface area (Å²) in [5.41, 5.74) is 0.171. The molecular weight excluding hydrogens is 199 g/mol. The van der Waals surface area contributed by atoms with Crippen LogP contribution in [0.2, 0.25) is 0 Å². The molecule has 0 heterocycles. The maximum Gasteiger partial charge on any atom is 0.488 e. The Morgan fingerprint density at radius 2 is 2.13 bits per heavy atom. The van der Waals surface area contributed by atoms with Gasteiger partial charge in [-0.05, 0) is 24.5 Å². The van der Waals surface area contributed by atoms with Crippen LogP contribution in [0.1, 0.15) is 6.92 Å². The van der Waals surface area contributed by atoms with Crippen LogP contribution in [-0.4, -0.2) is 42.5 Å². The molecule has 1 unspecified atom stereocenters. The summed E-state index contributed by atoms with van der Waals surface area (Å²) in [6.07, 6.45) is 3.79. The van der Waals surface area contributed by atoms with Crippen LogP contribution in [0.3, 0.4) is 0 Å². The highest BCUT2D eigenvalue weighted by Crippen LogP contribution is 2.23. The van der Waals surface area contributed by atoms with Crippen LogP contribution >= 0.6 is 0 Å². The van der Waals surface area contributed by atoms with Crippen LogP contribution in [-0.2, 0) is 14.3 Å². The molecule has 15 heavy (non-hydrogen) atoms. The van der Waals surface area contributed by atoms with Gasteiger partial charge in [-0.1, -0.05) is 6.08 Å². The average Bonchev–Trinajstić information content (AvgIpc) is 2.21. The summed E-state index contributed by atoms with van der Waals surface area (Å²) in [5.74, 6) is -1.90. The van der Waals surface area contributed by atoms with Crippen LogP contribution in [0.4, 0.5) is 0 Å². The fourth-order valence-electron chi connectivity index (χ4n) is 1.33. The smallest absolute Gasteiger partial charge is 0.423 e. The van der Waals surface area contributed by atoms with E-state index in [4.69, 9.17) is 19.5 Å². The van der Waals surface area contributed by atoms with Gasteiger partial charge in [0.25, 0.3) is 5.79 Å². The van der Waals surface area contributed by atoms with Crippen molar-refractivity contribution in [3.8, 4) is 0 Å². The Morgan fingerprint density at radius 1 is 1.47 bits per heavy atom. The van der Waals surface area contributed by atoms with Gasteiger partial charge in [0.15, 0.2) is 0 Å². The number of hydrogen-bond donors (Lipinski definition) is 2. The SMILES string of the molecule is CCOC1(OC)C=C(B(O)O)C=CC1=O. The summed E-state index contributed by atoms with van der Waals surface area (Å²) in [4.78, 5) is 11.6. The summed E-state index contributed by atoms with van der Waals surface area (Å²) in [7, 11) is -0.325. The molecule has 0 aromatic carbocycles. The van der Waals surface area contributed by atoms with Crippen molar-refractivity contribution < 1.29 is 24.3 Å². The van der Waals surface area contributed by atoms with Gasteiger partial charge in [-0.15, -0.1) is 0 Å². The van der Waals surface area contributed by atoms with Crippen LogP contribution in [0.15, 0.2) is 23.7 Å². The first-order valence-corrected chi connectivity index (χ1v) is 4.56. The van der Waals surface area contributed by atoms with E-state index in [1.807, 2.05) is 0 Å². The minimum atomic E-state index is -1.65. The van der Waals surface area contributed by atoms with Crippen LogP contribution in [0.5, 0.6) is 0 Å². The van der Waals surface area contributed by atoms with Crippen molar-refractivity contribution in [3.63, 3.8) is 0 Å². The maximum absolute atomic E-state index is 11.6. The first kappa shape index (κ1) is 12.1. The number of carbonyl (C=O) groups excluding carboxylic acids is 1. The first-order chi connectivity index (χ1) is 7.05. The molecule has 5 nitrogen and oxygen atoms in total. The molecule has 2 N–H and O–H groups in total. The van der Waals surface area contributed by atoms with Crippen molar-refractivity contribution in [3.05, 3.63) is 23.7 Å². The highest BCUT2D eigenvalue weighted by Gasteiger charge is 2.39. The number of rotatable bonds is 4. The molecule has 0 aromatic heterocycles. The zero-order valence-corrected chi connectivity index (χ0v) is 8.64. The maximum atomic E-state index is 11.6. The van der Waals surface area contributed by atoms with Crippen molar-refractivity contribution in [2.24, 2.45) is 0 Å². The number of ether oxygens (including phenoxy) is 2. The Bertz CT molecular complexity index is 310. The van der Waals surface area contributed by atoms with Crippen LogP contribution in [0, 0.1) is 0 Å². The molecule has 1 rings (SSSR count). The Balaban J connectivity index is 3.04. The lowest BCUT2D eigenvalue weighted by molar-refractivity contribution is -0.190. The molecule has 1 aliphatic rings. The van der Waals surface area contributed by atoms with E-state index in [0.29, 0.717) is 0 Å². The van der Waals surface area contributed by atoms with E-state index in [-0.39, 0.29) is 17.9 Å². The molecule has 0 amide bonds. The van der Waals surface area contributed by atoms with Gasteiger partial charge in [0.05, 0.1) is 0 Å². The number of allylic oxidation sites excluding steroid dienone is 2. The normalized spacial score (nSPS) is 25.3. The first-order valence-electron chi connectivity index (χ1n) is 4.56. The molecule has 1 atom stereocenters. The van der Waals surface area contributed by atoms with Gasteiger partial charge in [0, 0.05) is 13.7 Å². The van der Waals surface area contributed by atoms with Crippen molar-refractivity contribution in [2.75, 3.05) is 13.7 Å². The van der Waals surface area contributed by atoms with Crippen molar-refractivity contribution in [2.45, 2.75) is 12.7 Å². The van der Waals surface area contributed by atoms with Gasteiger partial charge in [0.2, 0.25) is 5.78 Å². The molecule has 0 bridgehead atoms. The van der Waals surface area contributed by atoms with Gasteiger partial charge in [-0.2, -0.15) is 0 Å². The molecule has 0 radical (unpaired) electrons. The van der Waals surface area contributed by atoms with E-state index >= 15 is 0 Å². The lowest BCUT2D eigenvalue weighted by Gasteiger charge is -2.29. The molecule has 82 valence electrons. The van der Waals surface area contributed by atoms with E-state index in [9.17, 15) is 4.79 Å². The van der Waals surface area contributed by atoms with E-state index < -0.39 is 12.9 Å². The lowest BCUT2D eigenvalue weighted by Crippen LogP contribution is -2.43. The molecule has 0 fully saturated rings. The standard InChI is InChI=1S/C9H13BO5/c1-3-15-9(14-2)6-7(10(12)13)4-5-8(9)11/h4-6,12-13H,3H2,1-2H3. The zero-order chi connectivity index (χ0) is 11.5. The van der Waals surface area contributed by atoms with Crippen molar-refractivity contribution >= 4 is 12.9 Å². The second-order valence-corrected chi connectivity index (χ2v) is 3.02. The number of hydrogen-bond acceptors (Lipinski definition) is 5. The monoisotopic (exact) mass is 212 g/mol. The van der Waals surface area contributed by atoms with Crippen molar-refractivity contribution in [1.29, 1.82) is 0 Å². The molecule has 0 saturated carbocycles. The molecule has 0 saturated heterocycles. The predicted octanol–water partition coefficient (Wildman–Crippen LogP) is -0.557. The molecule has 0 spiro atoms. The minimum absolute atomic E-state index is 0.171. The summed E-state index contributed by atoms with van der Waals surface area (Å²) in [6.45, 7) is 1.99. The molecular formula is C9H13BO5. The Morgan fingerprint density at radius 3 is 2.60 bits per heavy atom. The summed E-state index contributed by atoms with van der Waals surface area (Å²) < 4.78 is 10.2. The van der Waals surface area contributed by atoms with E-state index in [2.05, 4.69) is 0 Å². The summed E-state index contributed by atoms with van der Waals surface area (Å²) >= 11 is 0. The third-order valence-electron chi connectivity index (χ3n) is 2.09. The largest absolute Gasteiger partial charge is 0.488 e. The molecule has 6 heteroatoms. The lowest BCUT2D eigenvalue weighted by atomic mass is 9.75. The fraction of sp³-hybridized carbons (Fsp3) is 0.444. The van der Waals surface area contributed by atoms with Gasteiger partial charge in [0.1, 0.15) is 0 Å². The highest BCUT2D eigenvalue weighted by molar-refractivity contribution is 6.52. The average molecular weight is 212 g/mol. The van der Waals surface area contributed by atoms with Crippen LogP contribution < -0.4 is 0 Å². The third-order valence-corrected chi connectivity index (χ3v) is 2.09. The summed E-state index contributed by atoms with van der Waals surface area (Å²) in [5, 5.41) is 17.9.